The van der Waals surface area contributed by atoms with Gasteiger partial charge in [-0.15, -0.1) is 0 Å². The van der Waals surface area contributed by atoms with Gasteiger partial charge in [0, 0.05) is 6.42 Å². The first-order chi connectivity index (χ1) is 13.8. The first-order valence-electron chi connectivity index (χ1n) is 9.01. The van der Waals surface area contributed by atoms with E-state index in [-0.39, 0.29) is 19.0 Å². The van der Waals surface area contributed by atoms with Crippen LogP contribution in [-0.4, -0.2) is 35.2 Å². The molecule has 3 aromatic rings. The molecule has 1 aliphatic rings. The van der Waals surface area contributed by atoms with E-state index in [4.69, 9.17) is 9.47 Å². The van der Waals surface area contributed by atoms with E-state index in [0.29, 0.717) is 11.3 Å². The Bertz CT molecular complexity index is 1050. The van der Waals surface area contributed by atoms with Gasteiger partial charge < -0.3 is 14.5 Å². The lowest BCUT2D eigenvalue weighted by atomic mass is 10.1. The highest BCUT2D eigenvalue weighted by molar-refractivity contribution is 5.93. The third-order valence-corrected chi connectivity index (χ3v) is 4.69. The number of benzene rings is 2. The van der Waals surface area contributed by atoms with E-state index in [9.17, 15) is 18.0 Å². The standard InChI is InChI=1S/C20H18F3N3O3/c1-20(22,23)6-7-28-18-5-2-12(8-14(18)21)17-10-29-19(27)26(17)13-3-4-15-16(9-13)25-11-24-15/h2-5,8-9,11,17H,6-7,10H2,1H3,(H,24,25). The monoisotopic (exact) mass is 405 g/mol. The molecular weight excluding hydrogens is 387 g/mol. The van der Waals surface area contributed by atoms with Crippen molar-refractivity contribution in [1.82, 2.24) is 9.97 Å². The average molecular weight is 405 g/mol. The Morgan fingerprint density at radius 3 is 2.90 bits per heavy atom. The second-order valence-electron chi connectivity index (χ2n) is 6.93. The number of amides is 1. The van der Waals surface area contributed by atoms with E-state index >= 15 is 0 Å². The number of ether oxygens (including phenoxy) is 2. The predicted molar refractivity (Wildman–Crippen MR) is 99.8 cm³/mol. The molecule has 1 fully saturated rings. The summed E-state index contributed by atoms with van der Waals surface area (Å²) in [4.78, 5) is 20.9. The van der Waals surface area contributed by atoms with Crippen LogP contribution >= 0.6 is 0 Å². The molecule has 1 atom stereocenters. The van der Waals surface area contributed by atoms with Gasteiger partial charge in [0.05, 0.1) is 35.7 Å². The number of nitrogens with one attached hydrogen (secondary N) is 1. The van der Waals surface area contributed by atoms with Crippen LogP contribution in [0, 0.1) is 5.82 Å². The maximum absolute atomic E-state index is 14.4. The van der Waals surface area contributed by atoms with Gasteiger partial charge >= 0.3 is 6.09 Å². The van der Waals surface area contributed by atoms with Crippen molar-refractivity contribution < 1.29 is 27.4 Å². The van der Waals surface area contributed by atoms with Crippen LogP contribution in [0.1, 0.15) is 24.9 Å². The number of nitrogens with zero attached hydrogens (tertiary/aromatic N) is 2. The van der Waals surface area contributed by atoms with E-state index in [0.717, 1.165) is 18.0 Å². The highest BCUT2D eigenvalue weighted by Crippen LogP contribution is 2.35. The highest BCUT2D eigenvalue weighted by Gasteiger charge is 2.36. The quantitative estimate of drug-likeness (QED) is 0.638. The molecule has 0 aliphatic carbocycles. The number of hydrogen-bond acceptors (Lipinski definition) is 4. The van der Waals surface area contributed by atoms with Crippen molar-refractivity contribution in [2.75, 3.05) is 18.1 Å². The largest absolute Gasteiger partial charge is 0.490 e. The van der Waals surface area contributed by atoms with Crippen molar-refractivity contribution in [2.45, 2.75) is 25.3 Å². The molecule has 1 unspecified atom stereocenters. The van der Waals surface area contributed by atoms with Crippen LogP contribution in [0.2, 0.25) is 0 Å². The van der Waals surface area contributed by atoms with E-state index in [1.54, 1.807) is 30.6 Å². The summed E-state index contributed by atoms with van der Waals surface area (Å²) in [6.45, 7) is 0.533. The van der Waals surface area contributed by atoms with Crippen LogP contribution in [0.15, 0.2) is 42.7 Å². The number of alkyl halides is 2. The van der Waals surface area contributed by atoms with Crippen LogP contribution in [0.4, 0.5) is 23.7 Å². The van der Waals surface area contributed by atoms with E-state index < -0.39 is 30.3 Å². The molecule has 6 nitrogen and oxygen atoms in total. The lowest BCUT2D eigenvalue weighted by Crippen LogP contribution is -2.27. The summed E-state index contributed by atoms with van der Waals surface area (Å²) in [5, 5.41) is 0. The van der Waals surface area contributed by atoms with Gasteiger partial charge in [0.25, 0.3) is 0 Å². The Labute approximate surface area is 164 Å². The molecule has 0 bridgehead atoms. The van der Waals surface area contributed by atoms with Crippen molar-refractivity contribution in [2.24, 2.45) is 0 Å². The Kier molecular flexibility index (Phi) is 4.81. The SMILES string of the molecule is CC(F)(F)CCOc1ccc(C2COC(=O)N2c2ccc3nc[nH]c3c2)cc1F. The van der Waals surface area contributed by atoms with Crippen molar-refractivity contribution in [1.29, 1.82) is 0 Å². The van der Waals surface area contributed by atoms with E-state index in [1.807, 2.05) is 0 Å². The topological polar surface area (TPSA) is 67.5 Å². The average Bonchev–Trinajstić information content (AvgIpc) is 3.27. The number of H-pyrrole nitrogens is 1. The minimum Gasteiger partial charge on any atom is -0.490 e. The summed E-state index contributed by atoms with van der Waals surface area (Å²) >= 11 is 0. The minimum absolute atomic E-state index is 0.0571. The number of hydrogen-bond donors (Lipinski definition) is 1. The fourth-order valence-electron chi connectivity index (χ4n) is 3.21. The van der Waals surface area contributed by atoms with Crippen LogP contribution in [0.5, 0.6) is 5.75 Å². The molecule has 4 rings (SSSR count). The maximum Gasteiger partial charge on any atom is 0.415 e. The van der Waals surface area contributed by atoms with Gasteiger partial charge in [-0.05, 0) is 42.8 Å². The van der Waals surface area contributed by atoms with Crippen LogP contribution in [0.25, 0.3) is 11.0 Å². The molecule has 152 valence electrons. The molecule has 0 saturated carbocycles. The number of halogens is 3. The van der Waals surface area contributed by atoms with Crippen molar-refractivity contribution in [3.8, 4) is 5.75 Å². The molecule has 1 amide bonds. The van der Waals surface area contributed by atoms with Crippen LogP contribution < -0.4 is 9.64 Å². The number of aromatic amines is 1. The first kappa shape index (κ1) is 19.1. The molecule has 1 aromatic heterocycles. The van der Waals surface area contributed by atoms with Gasteiger partial charge in [0.15, 0.2) is 11.6 Å². The fourth-order valence-corrected chi connectivity index (χ4v) is 3.21. The molecule has 29 heavy (non-hydrogen) atoms. The van der Waals surface area contributed by atoms with Gasteiger partial charge in [-0.2, -0.15) is 0 Å². The molecule has 2 aromatic carbocycles. The van der Waals surface area contributed by atoms with Crippen LogP contribution in [0.3, 0.4) is 0 Å². The number of carbonyl (C=O) groups excluding carboxylic acids is 1. The molecule has 1 saturated heterocycles. The summed E-state index contributed by atoms with van der Waals surface area (Å²) < 4.78 is 50.5. The van der Waals surface area contributed by atoms with E-state index in [1.165, 1.54) is 17.0 Å². The first-order valence-corrected chi connectivity index (χ1v) is 9.01. The molecule has 0 radical (unpaired) electrons. The van der Waals surface area contributed by atoms with Crippen molar-refractivity contribution >= 4 is 22.8 Å². The number of carbonyl (C=O) groups is 1. The Morgan fingerprint density at radius 2 is 2.14 bits per heavy atom. The summed E-state index contributed by atoms with van der Waals surface area (Å²) in [6.07, 6.45) is 0.500. The smallest absolute Gasteiger partial charge is 0.415 e. The van der Waals surface area contributed by atoms with Gasteiger partial charge in [0.2, 0.25) is 5.92 Å². The van der Waals surface area contributed by atoms with Crippen molar-refractivity contribution in [3.05, 3.63) is 54.1 Å². The number of imidazole rings is 1. The summed E-state index contributed by atoms with van der Waals surface area (Å²) in [5.74, 6) is -3.69. The zero-order valence-electron chi connectivity index (χ0n) is 15.5. The fraction of sp³-hybridized carbons (Fsp3) is 0.300. The van der Waals surface area contributed by atoms with Crippen molar-refractivity contribution in [3.63, 3.8) is 0 Å². The predicted octanol–water partition coefficient (Wildman–Crippen LogP) is 4.82. The Balaban J connectivity index is 1.56. The maximum atomic E-state index is 14.4. The highest BCUT2D eigenvalue weighted by atomic mass is 19.3. The normalized spacial score (nSPS) is 17.0. The van der Waals surface area contributed by atoms with Gasteiger partial charge in [-0.25, -0.2) is 22.9 Å². The van der Waals surface area contributed by atoms with Gasteiger partial charge in [-0.1, -0.05) is 6.07 Å². The summed E-state index contributed by atoms with van der Waals surface area (Å²) in [6, 6.07) is 8.93. The molecule has 1 N–H and O–H groups in total. The zero-order valence-corrected chi connectivity index (χ0v) is 15.5. The molecular formula is C20H18F3N3O3. The van der Waals surface area contributed by atoms with Crippen LogP contribution in [-0.2, 0) is 4.74 Å². The zero-order chi connectivity index (χ0) is 20.6. The second kappa shape index (κ2) is 7.31. The number of anilines is 1. The molecule has 2 heterocycles. The minimum atomic E-state index is -2.88. The number of aromatic nitrogens is 2. The lowest BCUT2D eigenvalue weighted by molar-refractivity contribution is 0.000472. The second-order valence-corrected chi connectivity index (χ2v) is 6.93. The third-order valence-electron chi connectivity index (χ3n) is 4.69. The molecule has 0 spiro atoms. The molecule has 1 aliphatic heterocycles. The summed E-state index contributed by atoms with van der Waals surface area (Å²) in [5.41, 5.74) is 2.60. The lowest BCUT2D eigenvalue weighted by Gasteiger charge is -2.22. The number of rotatable bonds is 6. The Hall–Kier alpha value is -3.23. The number of cyclic esters (lactones) is 1. The Morgan fingerprint density at radius 1 is 1.31 bits per heavy atom. The third kappa shape index (κ3) is 3.98. The summed E-state index contributed by atoms with van der Waals surface area (Å²) in [7, 11) is 0. The number of fused-ring (bicyclic) bond motifs is 1. The van der Waals surface area contributed by atoms with E-state index in [2.05, 4.69) is 9.97 Å². The van der Waals surface area contributed by atoms with Gasteiger partial charge in [-0.3, -0.25) is 4.90 Å². The van der Waals surface area contributed by atoms with Gasteiger partial charge in [0.1, 0.15) is 6.61 Å². The molecule has 9 heteroatoms.